The molecular weight excluding hydrogens is 418 g/mol. The lowest BCUT2D eigenvalue weighted by Crippen LogP contribution is -2.13. The summed E-state index contributed by atoms with van der Waals surface area (Å²) in [6.45, 7) is 4.58. The van der Waals surface area contributed by atoms with Crippen molar-refractivity contribution in [1.82, 2.24) is 0 Å². The number of rotatable bonds is 7. The van der Waals surface area contributed by atoms with Crippen LogP contribution in [0.4, 0.5) is 11.4 Å². The molecule has 3 rings (SSSR count). The van der Waals surface area contributed by atoms with Gasteiger partial charge in [0.25, 0.3) is 0 Å². The number of benzene rings is 3. The average molecular weight is 440 g/mol. The Morgan fingerprint density at radius 2 is 1.61 bits per heavy atom. The topological polar surface area (TPSA) is 47.6 Å². The molecule has 144 valence electrons. The number of aryl methyl sites for hydroxylation is 1. The maximum atomic E-state index is 12.5. The molecule has 0 aliphatic rings. The molecule has 3 aromatic rings. The maximum Gasteiger partial charge on any atom is 0.340 e. The third-order valence-electron chi connectivity index (χ3n) is 4.42. The second-order valence-corrected chi connectivity index (χ2v) is 7.27. The van der Waals surface area contributed by atoms with E-state index in [0.29, 0.717) is 12.2 Å². The molecule has 0 radical (unpaired) electrons. The van der Waals surface area contributed by atoms with E-state index < -0.39 is 0 Å². The molecule has 0 aliphatic heterocycles. The number of anilines is 2. The molecule has 28 heavy (non-hydrogen) atoms. The van der Waals surface area contributed by atoms with Gasteiger partial charge in [-0.15, -0.1) is 0 Å². The highest BCUT2D eigenvalue weighted by atomic mass is 79.9. The Balaban J connectivity index is 1.61. The van der Waals surface area contributed by atoms with E-state index in [4.69, 9.17) is 9.47 Å². The van der Waals surface area contributed by atoms with Gasteiger partial charge in [-0.3, -0.25) is 0 Å². The maximum absolute atomic E-state index is 12.5. The van der Waals surface area contributed by atoms with Gasteiger partial charge in [-0.2, -0.15) is 0 Å². The molecule has 0 fully saturated rings. The molecule has 0 saturated carbocycles. The zero-order valence-corrected chi connectivity index (χ0v) is 17.5. The van der Waals surface area contributed by atoms with E-state index in [9.17, 15) is 4.79 Å². The third kappa shape index (κ3) is 5.14. The molecule has 0 bridgehead atoms. The summed E-state index contributed by atoms with van der Waals surface area (Å²) in [4.78, 5) is 12.5. The normalized spacial score (nSPS) is 10.4. The molecule has 5 heteroatoms. The van der Waals surface area contributed by atoms with Crippen molar-refractivity contribution in [2.24, 2.45) is 0 Å². The number of carbonyl (C=O) groups is 1. The fraction of sp³-hybridized carbons (Fsp3) is 0.174. The molecule has 0 heterocycles. The van der Waals surface area contributed by atoms with Gasteiger partial charge >= 0.3 is 5.97 Å². The van der Waals surface area contributed by atoms with E-state index >= 15 is 0 Å². The zero-order chi connectivity index (χ0) is 19.9. The SMILES string of the molecule is Cc1cccc(Nc2ccccc2C(=O)OCCOc2ccc(Br)cc2)c1C. The lowest BCUT2D eigenvalue weighted by atomic mass is 10.1. The van der Waals surface area contributed by atoms with Gasteiger partial charge in [-0.05, 0) is 67.4 Å². The minimum atomic E-state index is -0.382. The zero-order valence-electron chi connectivity index (χ0n) is 15.9. The van der Waals surface area contributed by atoms with Crippen LogP contribution in [0.3, 0.4) is 0 Å². The molecule has 1 N–H and O–H groups in total. The third-order valence-corrected chi connectivity index (χ3v) is 4.95. The molecular formula is C23H22BrNO3. The molecule has 0 spiro atoms. The van der Waals surface area contributed by atoms with Crippen LogP contribution in [0.2, 0.25) is 0 Å². The smallest absolute Gasteiger partial charge is 0.340 e. The van der Waals surface area contributed by atoms with Crippen molar-refractivity contribution in [2.75, 3.05) is 18.5 Å². The lowest BCUT2D eigenvalue weighted by Gasteiger charge is -2.14. The van der Waals surface area contributed by atoms with Crippen molar-refractivity contribution in [3.8, 4) is 5.75 Å². The van der Waals surface area contributed by atoms with Crippen LogP contribution >= 0.6 is 15.9 Å². The van der Waals surface area contributed by atoms with Crippen LogP contribution in [0.15, 0.2) is 71.2 Å². The van der Waals surface area contributed by atoms with Gasteiger partial charge in [-0.1, -0.05) is 40.2 Å². The summed E-state index contributed by atoms with van der Waals surface area (Å²) in [5, 5.41) is 3.35. The molecule has 4 nitrogen and oxygen atoms in total. The fourth-order valence-corrected chi connectivity index (χ4v) is 2.97. The minimum Gasteiger partial charge on any atom is -0.490 e. The number of hydrogen-bond acceptors (Lipinski definition) is 4. The highest BCUT2D eigenvalue weighted by molar-refractivity contribution is 9.10. The van der Waals surface area contributed by atoms with Gasteiger partial charge in [0, 0.05) is 10.2 Å². The molecule has 0 atom stereocenters. The van der Waals surface area contributed by atoms with Crippen molar-refractivity contribution >= 4 is 33.3 Å². The first-order chi connectivity index (χ1) is 13.5. The predicted octanol–water partition coefficient (Wildman–Crippen LogP) is 6.05. The highest BCUT2D eigenvalue weighted by Gasteiger charge is 2.13. The largest absolute Gasteiger partial charge is 0.490 e. The van der Waals surface area contributed by atoms with Crippen molar-refractivity contribution in [2.45, 2.75) is 13.8 Å². The number of esters is 1. The van der Waals surface area contributed by atoms with Crippen LogP contribution < -0.4 is 10.1 Å². The summed E-state index contributed by atoms with van der Waals surface area (Å²) in [6.07, 6.45) is 0. The van der Waals surface area contributed by atoms with Gasteiger partial charge in [0.1, 0.15) is 19.0 Å². The molecule has 0 saturated heterocycles. The van der Waals surface area contributed by atoms with Gasteiger partial charge in [-0.25, -0.2) is 4.79 Å². The second-order valence-electron chi connectivity index (χ2n) is 6.36. The molecule has 0 aromatic heterocycles. The first-order valence-electron chi connectivity index (χ1n) is 9.02. The Bertz CT molecular complexity index is 954. The molecule has 0 unspecified atom stereocenters. The van der Waals surface area contributed by atoms with Crippen LogP contribution in [-0.4, -0.2) is 19.2 Å². The molecule has 0 amide bonds. The van der Waals surface area contributed by atoms with E-state index in [1.165, 1.54) is 5.56 Å². The van der Waals surface area contributed by atoms with Crippen LogP contribution in [0.25, 0.3) is 0 Å². The summed E-state index contributed by atoms with van der Waals surface area (Å²) in [5.41, 5.74) is 4.52. The minimum absolute atomic E-state index is 0.173. The fourth-order valence-electron chi connectivity index (χ4n) is 2.70. The quantitative estimate of drug-likeness (QED) is 0.359. The molecule has 0 aliphatic carbocycles. The first kappa shape index (κ1) is 20.0. The van der Waals surface area contributed by atoms with Crippen molar-refractivity contribution < 1.29 is 14.3 Å². The van der Waals surface area contributed by atoms with Crippen molar-refractivity contribution in [3.63, 3.8) is 0 Å². The Labute approximate surface area is 173 Å². The number of hydrogen-bond donors (Lipinski definition) is 1. The summed E-state index contributed by atoms with van der Waals surface area (Å²) < 4.78 is 12.0. The van der Waals surface area contributed by atoms with E-state index in [2.05, 4.69) is 41.2 Å². The van der Waals surface area contributed by atoms with E-state index in [0.717, 1.165) is 27.2 Å². The first-order valence-corrected chi connectivity index (χ1v) is 9.81. The Morgan fingerprint density at radius 3 is 2.39 bits per heavy atom. The molecule has 3 aromatic carbocycles. The van der Waals surface area contributed by atoms with Crippen molar-refractivity contribution in [1.29, 1.82) is 0 Å². The average Bonchev–Trinajstić information content (AvgIpc) is 2.70. The predicted molar refractivity (Wildman–Crippen MR) is 116 cm³/mol. The Morgan fingerprint density at radius 1 is 0.893 bits per heavy atom. The van der Waals surface area contributed by atoms with Crippen LogP contribution in [0.1, 0.15) is 21.5 Å². The highest BCUT2D eigenvalue weighted by Crippen LogP contribution is 2.25. The summed E-state index contributed by atoms with van der Waals surface area (Å²) in [5.74, 6) is 0.351. The van der Waals surface area contributed by atoms with Crippen LogP contribution in [0, 0.1) is 13.8 Å². The summed E-state index contributed by atoms with van der Waals surface area (Å²) in [6, 6.07) is 20.9. The number of ether oxygens (including phenoxy) is 2. The number of carbonyl (C=O) groups excluding carboxylic acids is 1. The standard InChI is InChI=1S/C23H22BrNO3/c1-16-6-5-9-21(17(16)2)25-22-8-4-3-7-20(22)23(26)28-15-14-27-19-12-10-18(24)11-13-19/h3-13,25H,14-15H2,1-2H3. The number of nitrogens with one attached hydrogen (secondary N) is 1. The second kappa shape index (κ2) is 9.42. The van der Waals surface area contributed by atoms with Gasteiger partial charge in [0.15, 0.2) is 0 Å². The van der Waals surface area contributed by atoms with Crippen LogP contribution in [-0.2, 0) is 4.74 Å². The van der Waals surface area contributed by atoms with E-state index in [1.54, 1.807) is 6.07 Å². The summed E-state index contributed by atoms with van der Waals surface area (Å²) >= 11 is 3.38. The monoisotopic (exact) mass is 439 g/mol. The van der Waals surface area contributed by atoms with Crippen LogP contribution in [0.5, 0.6) is 5.75 Å². The lowest BCUT2D eigenvalue weighted by molar-refractivity contribution is 0.0451. The number of halogens is 1. The number of para-hydroxylation sites is 1. The van der Waals surface area contributed by atoms with Gasteiger partial charge in [0.2, 0.25) is 0 Å². The Kier molecular flexibility index (Phi) is 6.71. The van der Waals surface area contributed by atoms with E-state index in [-0.39, 0.29) is 12.6 Å². The van der Waals surface area contributed by atoms with Gasteiger partial charge in [0.05, 0.1) is 11.3 Å². The summed E-state index contributed by atoms with van der Waals surface area (Å²) in [7, 11) is 0. The van der Waals surface area contributed by atoms with E-state index in [1.807, 2.05) is 54.6 Å². The van der Waals surface area contributed by atoms with Gasteiger partial charge < -0.3 is 14.8 Å². The Hall–Kier alpha value is -2.79. The van der Waals surface area contributed by atoms with Crippen molar-refractivity contribution in [3.05, 3.63) is 87.9 Å².